The summed E-state index contributed by atoms with van der Waals surface area (Å²) < 4.78 is 0. The van der Waals surface area contributed by atoms with Crippen molar-refractivity contribution in [3.8, 4) is 0 Å². The summed E-state index contributed by atoms with van der Waals surface area (Å²) in [5, 5.41) is 30.1. The van der Waals surface area contributed by atoms with Crippen LogP contribution in [0.4, 0.5) is 5.69 Å². The lowest BCUT2D eigenvalue weighted by molar-refractivity contribution is -0.384. The van der Waals surface area contributed by atoms with Crippen molar-refractivity contribution in [2.45, 2.75) is 19.4 Å². The van der Waals surface area contributed by atoms with Crippen molar-refractivity contribution in [2.75, 3.05) is 0 Å². The Balaban J connectivity index is 2.99. The number of nitrogens with zero attached hydrogens (tertiary/aromatic N) is 1. The average Bonchev–Trinajstić information content (AvgIpc) is 2.36. The predicted octanol–water partition coefficient (Wildman–Crippen LogP) is 0.561. The van der Waals surface area contributed by atoms with Gasteiger partial charge in [0.15, 0.2) is 0 Å². The molecule has 0 aliphatic rings. The van der Waals surface area contributed by atoms with Crippen molar-refractivity contribution in [3.05, 3.63) is 39.4 Å². The van der Waals surface area contributed by atoms with E-state index < -0.39 is 35.2 Å². The molecular weight excluding hydrogens is 284 g/mol. The number of amides is 1. The van der Waals surface area contributed by atoms with Crippen LogP contribution in [0.15, 0.2) is 18.2 Å². The molecule has 1 atom stereocenters. The molecule has 0 saturated heterocycles. The first-order valence-corrected chi connectivity index (χ1v) is 5.72. The summed E-state index contributed by atoms with van der Waals surface area (Å²) in [5.41, 5.74) is 0.0167. The summed E-state index contributed by atoms with van der Waals surface area (Å²) >= 11 is 0. The van der Waals surface area contributed by atoms with Crippen molar-refractivity contribution in [3.63, 3.8) is 0 Å². The number of nitro groups is 1. The lowest BCUT2D eigenvalue weighted by Crippen LogP contribution is -2.42. The van der Waals surface area contributed by atoms with E-state index in [1.165, 1.54) is 19.1 Å². The Labute approximate surface area is 118 Å². The number of nitrogens with one attached hydrogen (secondary N) is 1. The molecular formula is C12H12N2O7. The largest absolute Gasteiger partial charge is 0.481 e. The van der Waals surface area contributed by atoms with Crippen LogP contribution in [-0.2, 0) is 9.59 Å². The van der Waals surface area contributed by atoms with Crippen molar-refractivity contribution in [2.24, 2.45) is 0 Å². The van der Waals surface area contributed by atoms with Gasteiger partial charge in [-0.05, 0) is 18.6 Å². The molecule has 1 amide bonds. The van der Waals surface area contributed by atoms with E-state index in [2.05, 4.69) is 0 Å². The number of carboxylic acids is 2. The minimum atomic E-state index is -1.62. The second kappa shape index (κ2) is 6.46. The molecule has 9 nitrogen and oxygen atoms in total. The topological polar surface area (TPSA) is 147 Å². The predicted molar refractivity (Wildman–Crippen MR) is 69.0 cm³/mol. The van der Waals surface area contributed by atoms with Gasteiger partial charge in [0.25, 0.3) is 11.6 Å². The molecule has 0 aromatic heterocycles. The Hall–Kier alpha value is -2.97. The molecule has 1 aromatic carbocycles. The fourth-order valence-electron chi connectivity index (χ4n) is 1.62. The van der Waals surface area contributed by atoms with Gasteiger partial charge in [0, 0.05) is 17.7 Å². The van der Waals surface area contributed by atoms with E-state index in [1.807, 2.05) is 5.32 Å². The SMILES string of the molecule is Cc1cc(C(=O)NC(CC(=O)O)C(=O)O)cc([N+](=O)[O-])c1. The maximum absolute atomic E-state index is 11.9. The zero-order valence-electron chi connectivity index (χ0n) is 10.9. The van der Waals surface area contributed by atoms with Gasteiger partial charge in [0.1, 0.15) is 6.04 Å². The van der Waals surface area contributed by atoms with E-state index in [-0.39, 0.29) is 11.3 Å². The Morgan fingerprint density at radius 1 is 1.29 bits per heavy atom. The molecule has 9 heteroatoms. The Kier molecular flexibility index (Phi) is 4.95. The second-order valence-electron chi connectivity index (χ2n) is 4.28. The summed E-state index contributed by atoms with van der Waals surface area (Å²) in [4.78, 5) is 43.3. The summed E-state index contributed by atoms with van der Waals surface area (Å²) in [7, 11) is 0. The second-order valence-corrected chi connectivity index (χ2v) is 4.28. The van der Waals surface area contributed by atoms with Crippen molar-refractivity contribution in [1.82, 2.24) is 5.32 Å². The van der Waals surface area contributed by atoms with Crippen LogP contribution in [0.1, 0.15) is 22.3 Å². The molecule has 0 spiro atoms. The van der Waals surface area contributed by atoms with Crippen LogP contribution >= 0.6 is 0 Å². The number of hydrogen-bond acceptors (Lipinski definition) is 5. The molecule has 1 unspecified atom stereocenters. The number of nitro benzene ring substituents is 1. The number of carbonyl (C=O) groups excluding carboxylic acids is 1. The molecule has 1 rings (SSSR count). The molecule has 0 aliphatic carbocycles. The standard InChI is InChI=1S/C12H12N2O7/c1-6-2-7(4-8(3-6)14(20)21)11(17)13-9(12(18)19)5-10(15)16/h2-4,9H,5H2,1H3,(H,13,17)(H,15,16)(H,18,19). The summed E-state index contributed by atoms with van der Waals surface area (Å²) in [6.07, 6.45) is -0.797. The van der Waals surface area contributed by atoms with Crippen molar-refractivity contribution in [1.29, 1.82) is 0 Å². The maximum Gasteiger partial charge on any atom is 0.326 e. The van der Waals surface area contributed by atoms with Crippen molar-refractivity contribution < 1.29 is 29.5 Å². The zero-order chi connectivity index (χ0) is 16.2. The smallest absolute Gasteiger partial charge is 0.326 e. The summed E-state index contributed by atoms with van der Waals surface area (Å²) in [5.74, 6) is -3.79. The molecule has 21 heavy (non-hydrogen) atoms. The number of rotatable bonds is 6. The van der Waals surface area contributed by atoms with Crippen LogP contribution in [0.3, 0.4) is 0 Å². The summed E-state index contributed by atoms with van der Waals surface area (Å²) in [6.45, 7) is 1.54. The molecule has 0 radical (unpaired) electrons. The number of benzene rings is 1. The van der Waals surface area contributed by atoms with Crippen LogP contribution in [0, 0.1) is 17.0 Å². The van der Waals surface area contributed by atoms with Gasteiger partial charge < -0.3 is 15.5 Å². The third-order valence-corrected chi connectivity index (χ3v) is 2.52. The minimum absolute atomic E-state index is 0.113. The average molecular weight is 296 g/mol. The van der Waals surface area contributed by atoms with Gasteiger partial charge in [-0.1, -0.05) is 0 Å². The number of hydrogen-bond donors (Lipinski definition) is 3. The van der Waals surface area contributed by atoms with E-state index in [0.29, 0.717) is 5.56 Å². The first-order chi connectivity index (χ1) is 9.70. The van der Waals surface area contributed by atoms with E-state index in [4.69, 9.17) is 10.2 Å². The molecule has 3 N–H and O–H groups in total. The quantitative estimate of drug-likeness (QED) is 0.513. The van der Waals surface area contributed by atoms with Gasteiger partial charge in [-0.15, -0.1) is 0 Å². The van der Waals surface area contributed by atoms with E-state index >= 15 is 0 Å². The fraction of sp³-hybridized carbons (Fsp3) is 0.250. The van der Waals surface area contributed by atoms with E-state index in [1.54, 1.807) is 0 Å². The van der Waals surface area contributed by atoms with Gasteiger partial charge in [-0.2, -0.15) is 0 Å². The number of carboxylic acid groups (broad SMARTS) is 2. The molecule has 112 valence electrons. The number of aryl methyl sites for hydroxylation is 1. The van der Waals surface area contributed by atoms with Crippen LogP contribution < -0.4 is 5.32 Å². The Morgan fingerprint density at radius 2 is 1.90 bits per heavy atom. The number of carbonyl (C=O) groups is 3. The Morgan fingerprint density at radius 3 is 2.38 bits per heavy atom. The van der Waals surface area contributed by atoms with Gasteiger partial charge in [-0.3, -0.25) is 19.7 Å². The minimum Gasteiger partial charge on any atom is -0.481 e. The van der Waals surface area contributed by atoms with Crippen LogP contribution in [0.5, 0.6) is 0 Å². The summed E-state index contributed by atoms with van der Waals surface area (Å²) in [6, 6.07) is 1.96. The highest BCUT2D eigenvalue weighted by Gasteiger charge is 2.24. The van der Waals surface area contributed by atoms with E-state index in [9.17, 15) is 24.5 Å². The third kappa shape index (κ3) is 4.56. The van der Waals surface area contributed by atoms with Crippen molar-refractivity contribution >= 4 is 23.5 Å². The van der Waals surface area contributed by atoms with Gasteiger partial charge in [0.05, 0.1) is 11.3 Å². The first kappa shape index (κ1) is 16.1. The van der Waals surface area contributed by atoms with Gasteiger partial charge in [0.2, 0.25) is 0 Å². The first-order valence-electron chi connectivity index (χ1n) is 5.72. The lowest BCUT2D eigenvalue weighted by atomic mass is 10.1. The number of non-ortho nitro benzene ring substituents is 1. The van der Waals surface area contributed by atoms with E-state index in [0.717, 1.165) is 6.07 Å². The number of aliphatic carboxylic acids is 2. The maximum atomic E-state index is 11.9. The molecule has 0 heterocycles. The fourth-order valence-corrected chi connectivity index (χ4v) is 1.62. The van der Waals surface area contributed by atoms with Crippen LogP contribution in [0.25, 0.3) is 0 Å². The monoisotopic (exact) mass is 296 g/mol. The molecule has 0 saturated carbocycles. The molecule has 0 aliphatic heterocycles. The molecule has 0 fully saturated rings. The highest BCUT2D eigenvalue weighted by Crippen LogP contribution is 2.16. The Bertz CT molecular complexity index is 612. The normalized spacial score (nSPS) is 11.5. The molecule has 1 aromatic rings. The van der Waals surface area contributed by atoms with Gasteiger partial charge in [-0.25, -0.2) is 4.79 Å². The zero-order valence-corrected chi connectivity index (χ0v) is 10.9. The van der Waals surface area contributed by atoms with Crippen LogP contribution in [-0.4, -0.2) is 39.0 Å². The highest BCUT2D eigenvalue weighted by molar-refractivity contribution is 5.98. The third-order valence-electron chi connectivity index (χ3n) is 2.52. The highest BCUT2D eigenvalue weighted by atomic mass is 16.6. The van der Waals surface area contributed by atoms with Gasteiger partial charge >= 0.3 is 11.9 Å². The van der Waals surface area contributed by atoms with Crippen LogP contribution in [0.2, 0.25) is 0 Å². The lowest BCUT2D eigenvalue weighted by Gasteiger charge is -2.12. The molecule has 0 bridgehead atoms.